The fourth-order valence-electron chi connectivity index (χ4n) is 6.54. The van der Waals surface area contributed by atoms with E-state index in [0.717, 1.165) is 32.1 Å². The summed E-state index contributed by atoms with van der Waals surface area (Å²) >= 11 is 0. The normalized spacial score (nSPS) is 13.7. The highest BCUT2D eigenvalue weighted by molar-refractivity contribution is 5.80. The second kappa shape index (κ2) is 37.9. The average molecular weight is 666 g/mol. The van der Waals surface area contributed by atoms with Gasteiger partial charge in [0.25, 0.3) is 0 Å². The lowest BCUT2D eigenvalue weighted by Crippen LogP contribution is -2.49. The summed E-state index contributed by atoms with van der Waals surface area (Å²) in [5.41, 5.74) is 0. The molecule has 0 aromatic carbocycles. The van der Waals surface area contributed by atoms with Gasteiger partial charge in [-0.25, -0.2) is 0 Å². The van der Waals surface area contributed by atoms with Crippen LogP contribution in [0, 0.1) is 0 Å². The Kier molecular flexibility index (Phi) is 37.2. The van der Waals surface area contributed by atoms with Crippen molar-refractivity contribution in [3.05, 3.63) is 12.2 Å². The van der Waals surface area contributed by atoms with Crippen LogP contribution >= 0.6 is 0 Å². The number of rotatable bonds is 38. The molecule has 4 N–H and O–H groups in total. The molecule has 1 amide bonds. The SMILES string of the molecule is CCCCCCCCCCCCCC/C=C\CCCCCCCCCC(O)C(=O)NC(CO)C(O)CCCCCCCCCCCC. The number of hydrogen-bond donors (Lipinski definition) is 4. The smallest absolute Gasteiger partial charge is 0.249 e. The van der Waals surface area contributed by atoms with E-state index in [0.29, 0.717) is 12.8 Å². The number of unbranched alkanes of at least 4 members (excludes halogenated alkanes) is 28. The molecule has 0 bridgehead atoms. The fourth-order valence-corrected chi connectivity index (χ4v) is 6.54. The van der Waals surface area contributed by atoms with Gasteiger partial charge >= 0.3 is 0 Å². The van der Waals surface area contributed by atoms with Gasteiger partial charge in [0.1, 0.15) is 6.10 Å². The van der Waals surface area contributed by atoms with Crippen LogP contribution in [0.5, 0.6) is 0 Å². The van der Waals surface area contributed by atoms with Gasteiger partial charge in [-0.3, -0.25) is 4.79 Å². The first-order valence-electron chi connectivity index (χ1n) is 21.0. The van der Waals surface area contributed by atoms with Crippen LogP contribution in [0.25, 0.3) is 0 Å². The van der Waals surface area contributed by atoms with Crippen molar-refractivity contribution in [2.24, 2.45) is 0 Å². The number of amides is 1. The molecule has 0 saturated carbocycles. The molecule has 3 atom stereocenters. The van der Waals surface area contributed by atoms with Crippen molar-refractivity contribution in [2.45, 2.75) is 244 Å². The third-order valence-corrected chi connectivity index (χ3v) is 9.88. The van der Waals surface area contributed by atoms with Gasteiger partial charge in [-0.05, 0) is 38.5 Å². The van der Waals surface area contributed by atoms with Crippen LogP contribution in [0.2, 0.25) is 0 Å². The summed E-state index contributed by atoms with van der Waals surface area (Å²) in [4.78, 5) is 12.4. The molecule has 0 aromatic rings. The summed E-state index contributed by atoms with van der Waals surface area (Å²) in [7, 11) is 0. The summed E-state index contributed by atoms with van der Waals surface area (Å²) in [5, 5.41) is 33.1. The van der Waals surface area contributed by atoms with Crippen LogP contribution in [0.1, 0.15) is 226 Å². The Morgan fingerprint density at radius 2 is 0.809 bits per heavy atom. The zero-order valence-electron chi connectivity index (χ0n) is 31.7. The minimum Gasteiger partial charge on any atom is -0.394 e. The zero-order valence-corrected chi connectivity index (χ0v) is 31.7. The second-order valence-corrected chi connectivity index (χ2v) is 14.6. The molecule has 47 heavy (non-hydrogen) atoms. The maximum Gasteiger partial charge on any atom is 0.249 e. The van der Waals surface area contributed by atoms with Gasteiger partial charge in [0.15, 0.2) is 0 Å². The van der Waals surface area contributed by atoms with Crippen molar-refractivity contribution in [2.75, 3.05) is 6.61 Å². The predicted octanol–water partition coefficient (Wildman–Crippen LogP) is 11.7. The lowest BCUT2D eigenvalue weighted by Gasteiger charge is -2.23. The summed E-state index contributed by atoms with van der Waals surface area (Å²) in [6.45, 7) is 4.22. The lowest BCUT2D eigenvalue weighted by molar-refractivity contribution is -0.131. The van der Waals surface area contributed by atoms with Gasteiger partial charge < -0.3 is 20.6 Å². The molecule has 0 saturated heterocycles. The quantitative estimate of drug-likeness (QED) is 0.0390. The number of aliphatic hydroxyl groups is 3. The van der Waals surface area contributed by atoms with Crippen molar-refractivity contribution in [3.8, 4) is 0 Å². The van der Waals surface area contributed by atoms with Gasteiger partial charge in [-0.15, -0.1) is 0 Å². The van der Waals surface area contributed by atoms with Gasteiger partial charge in [0.05, 0.1) is 18.8 Å². The number of carbonyl (C=O) groups excluding carboxylic acids is 1. The molecule has 0 aromatic heterocycles. The maximum atomic E-state index is 12.4. The number of carbonyl (C=O) groups is 1. The van der Waals surface area contributed by atoms with Gasteiger partial charge in [-0.1, -0.05) is 199 Å². The molecule has 0 aliphatic carbocycles. The Balaban J connectivity index is 3.58. The van der Waals surface area contributed by atoms with Crippen LogP contribution < -0.4 is 5.32 Å². The molecule has 0 rings (SSSR count). The van der Waals surface area contributed by atoms with Crippen molar-refractivity contribution < 1.29 is 20.1 Å². The topological polar surface area (TPSA) is 89.8 Å². The van der Waals surface area contributed by atoms with Gasteiger partial charge in [0, 0.05) is 0 Å². The highest BCUT2D eigenvalue weighted by Gasteiger charge is 2.23. The molecule has 0 aliphatic heterocycles. The molecule has 280 valence electrons. The number of aliphatic hydroxyl groups excluding tert-OH is 3. The average Bonchev–Trinajstić information content (AvgIpc) is 3.07. The standard InChI is InChI=1S/C42H83NO4/c1-3-5-7-9-11-13-15-16-17-18-19-20-21-22-23-24-25-26-27-29-31-33-35-37-41(46)42(47)43-39(38-44)40(45)36-34-32-30-28-14-12-10-8-6-4-2/h22-23,39-41,44-46H,3-21,24-38H2,1-2H3,(H,43,47)/b23-22-. The lowest BCUT2D eigenvalue weighted by atomic mass is 10.0. The first-order valence-corrected chi connectivity index (χ1v) is 21.0. The molecular formula is C42H83NO4. The Morgan fingerprint density at radius 1 is 0.489 bits per heavy atom. The minimum absolute atomic E-state index is 0.313. The van der Waals surface area contributed by atoms with E-state index in [-0.39, 0.29) is 6.61 Å². The van der Waals surface area contributed by atoms with Gasteiger partial charge in [0.2, 0.25) is 5.91 Å². The van der Waals surface area contributed by atoms with E-state index in [9.17, 15) is 20.1 Å². The van der Waals surface area contributed by atoms with E-state index in [1.54, 1.807) is 0 Å². The van der Waals surface area contributed by atoms with Crippen LogP contribution in [0.15, 0.2) is 12.2 Å². The Bertz CT molecular complexity index is 655. The van der Waals surface area contributed by atoms with E-state index in [1.165, 1.54) is 167 Å². The monoisotopic (exact) mass is 666 g/mol. The molecule has 0 spiro atoms. The second-order valence-electron chi connectivity index (χ2n) is 14.6. The summed E-state index contributed by atoms with van der Waals surface area (Å²) < 4.78 is 0. The van der Waals surface area contributed by atoms with Crippen LogP contribution in [-0.2, 0) is 4.79 Å². The van der Waals surface area contributed by atoms with Crippen LogP contribution in [-0.4, -0.2) is 46.1 Å². The fraction of sp³-hybridized carbons (Fsp3) is 0.929. The van der Waals surface area contributed by atoms with Crippen LogP contribution in [0.4, 0.5) is 0 Å². The summed E-state index contributed by atoms with van der Waals surface area (Å²) in [5.74, 6) is -0.474. The largest absolute Gasteiger partial charge is 0.394 e. The highest BCUT2D eigenvalue weighted by atomic mass is 16.3. The third kappa shape index (κ3) is 33.4. The van der Waals surface area contributed by atoms with Crippen LogP contribution in [0.3, 0.4) is 0 Å². The van der Waals surface area contributed by atoms with E-state index in [1.807, 2.05) is 0 Å². The number of allylic oxidation sites excluding steroid dienone is 2. The molecule has 0 heterocycles. The molecule has 0 radical (unpaired) electrons. The Morgan fingerprint density at radius 3 is 1.17 bits per heavy atom. The van der Waals surface area contributed by atoms with E-state index in [2.05, 4.69) is 31.3 Å². The minimum atomic E-state index is -1.07. The zero-order chi connectivity index (χ0) is 34.5. The number of nitrogens with one attached hydrogen (secondary N) is 1. The molecule has 5 nitrogen and oxygen atoms in total. The van der Waals surface area contributed by atoms with Crippen molar-refractivity contribution in [3.63, 3.8) is 0 Å². The maximum absolute atomic E-state index is 12.4. The number of hydrogen-bond acceptors (Lipinski definition) is 4. The molecule has 0 aliphatic rings. The van der Waals surface area contributed by atoms with Crippen molar-refractivity contribution in [1.82, 2.24) is 5.32 Å². The molecule has 0 fully saturated rings. The summed E-state index contributed by atoms with van der Waals surface area (Å²) in [6.07, 6.45) is 43.6. The van der Waals surface area contributed by atoms with E-state index in [4.69, 9.17) is 0 Å². The molecular weight excluding hydrogens is 582 g/mol. The van der Waals surface area contributed by atoms with E-state index < -0.39 is 24.2 Å². The van der Waals surface area contributed by atoms with Crippen molar-refractivity contribution in [1.29, 1.82) is 0 Å². The van der Waals surface area contributed by atoms with Gasteiger partial charge in [-0.2, -0.15) is 0 Å². The highest BCUT2D eigenvalue weighted by Crippen LogP contribution is 2.15. The molecule has 3 unspecified atom stereocenters. The predicted molar refractivity (Wildman–Crippen MR) is 204 cm³/mol. The first-order chi connectivity index (χ1) is 23.1. The van der Waals surface area contributed by atoms with Crippen molar-refractivity contribution >= 4 is 5.91 Å². The molecule has 5 heteroatoms. The Hall–Kier alpha value is -0.910. The third-order valence-electron chi connectivity index (χ3n) is 9.88. The first kappa shape index (κ1) is 46.1. The van der Waals surface area contributed by atoms with E-state index >= 15 is 0 Å². The Labute approximate surface area is 293 Å². The summed E-state index contributed by atoms with van der Waals surface area (Å²) in [6, 6.07) is -0.708.